The van der Waals surface area contributed by atoms with E-state index >= 15 is 0 Å². The van der Waals surface area contributed by atoms with E-state index in [1.807, 2.05) is 53.5 Å². The molecule has 7 heteroatoms. The summed E-state index contributed by atoms with van der Waals surface area (Å²) in [6.07, 6.45) is 7.05. The van der Waals surface area contributed by atoms with Crippen molar-refractivity contribution in [2.75, 3.05) is 5.01 Å². The Morgan fingerprint density at radius 3 is 2.61 bits per heavy atom. The number of oxazole rings is 1. The third kappa shape index (κ3) is 3.56. The van der Waals surface area contributed by atoms with E-state index in [0.29, 0.717) is 0 Å². The number of rotatable bonds is 4. The number of benzene rings is 1. The Kier molecular flexibility index (Phi) is 4.99. The van der Waals surface area contributed by atoms with Gasteiger partial charge in [-0.05, 0) is 31.0 Å². The van der Waals surface area contributed by atoms with Gasteiger partial charge in [-0.1, -0.05) is 37.5 Å². The van der Waals surface area contributed by atoms with Gasteiger partial charge in [0.25, 0.3) is 0 Å². The molecule has 0 spiro atoms. The largest absolute Gasteiger partial charge is 0.423 e. The van der Waals surface area contributed by atoms with Gasteiger partial charge in [0.2, 0.25) is 11.7 Å². The van der Waals surface area contributed by atoms with Crippen molar-refractivity contribution in [2.24, 2.45) is 5.10 Å². The first-order valence-electron chi connectivity index (χ1n) is 9.28. The first-order chi connectivity index (χ1) is 13.8. The number of pyridine rings is 1. The summed E-state index contributed by atoms with van der Waals surface area (Å²) in [7, 11) is 0. The van der Waals surface area contributed by atoms with Crippen LogP contribution in [0.5, 0.6) is 0 Å². The second-order valence-corrected chi connectivity index (χ2v) is 6.70. The van der Waals surface area contributed by atoms with Crippen LogP contribution in [0.15, 0.2) is 45.9 Å². The molecule has 3 aromatic rings. The van der Waals surface area contributed by atoms with Crippen molar-refractivity contribution in [1.29, 1.82) is 10.5 Å². The molecule has 0 bridgehead atoms. The first-order valence-corrected chi connectivity index (χ1v) is 9.28. The molecule has 1 aliphatic rings. The fourth-order valence-corrected chi connectivity index (χ4v) is 3.50. The molecule has 0 atom stereocenters. The second-order valence-electron chi connectivity index (χ2n) is 6.70. The lowest BCUT2D eigenvalue weighted by atomic mass is 9.95. The molecule has 1 aliphatic carbocycles. The van der Waals surface area contributed by atoms with E-state index in [1.165, 1.54) is 12.6 Å². The molecule has 0 radical (unpaired) electrons. The van der Waals surface area contributed by atoms with Crippen molar-refractivity contribution in [2.45, 2.75) is 38.1 Å². The number of hydrogen-bond acceptors (Lipinski definition) is 7. The van der Waals surface area contributed by atoms with Gasteiger partial charge in [-0.2, -0.15) is 20.6 Å². The van der Waals surface area contributed by atoms with Crippen LogP contribution in [0.3, 0.4) is 0 Å². The summed E-state index contributed by atoms with van der Waals surface area (Å²) in [5.41, 5.74) is 0.877. The van der Waals surface area contributed by atoms with Gasteiger partial charge in [0.15, 0.2) is 5.69 Å². The van der Waals surface area contributed by atoms with Gasteiger partial charge in [0, 0.05) is 5.39 Å². The van der Waals surface area contributed by atoms with Crippen molar-refractivity contribution in [3.8, 4) is 12.1 Å². The Balaban J connectivity index is 1.69. The lowest BCUT2D eigenvalue weighted by Gasteiger charge is -2.31. The minimum Gasteiger partial charge on any atom is -0.423 e. The summed E-state index contributed by atoms with van der Waals surface area (Å²) in [6.45, 7) is 0. The summed E-state index contributed by atoms with van der Waals surface area (Å²) in [5, 5.41) is 25.6. The van der Waals surface area contributed by atoms with E-state index in [2.05, 4.69) is 10.1 Å². The molecule has 0 saturated heterocycles. The highest BCUT2D eigenvalue weighted by Crippen LogP contribution is 2.28. The molecule has 138 valence electrons. The minimum atomic E-state index is -0.100. The highest BCUT2D eigenvalue weighted by Gasteiger charge is 2.22. The molecule has 0 aliphatic heterocycles. The van der Waals surface area contributed by atoms with Crippen molar-refractivity contribution < 1.29 is 4.42 Å². The van der Waals surface area contributed by atoms with Crippen molar-refractivity contribution in [3.05, 3.63) is 53.7 Å². The third-order valence-electron chi connectivity index (χ3n) is 4.88. The highest BCUT2D eigenvalue weighted by atomic mass is 16.4. The Morgan fingerprint density at radius 1 is 1.04 bits per heavy atom. The Hall–Kier alpha value is -3.71. The molecule has 1 saturated carbocycles. The van der Waals surface area contributed by atoms with Crippen LogP contribution in [-0.2, 0) is 0 Å². The molecule has 0 amide bonds. The summed E-state index contributed by atoms with van der Waals surface area (Å²) >= 11 is 0. The number of nitriles is 2. The molecule has 2 aromatic heterocycles. The van der Waals surface area contributed by atoms with Crippen molar-refractivity contribution in [3.63, 3.8) is 0 Å². The molecule has 7 nitrogen and oxygen atoms in total. The molecule has 0 N–H and O–H groups in total. The van der Waals surface area contributed by atoms with Gasteiger partial charge >= 0.3 is 0 Å². The number of hydrogen-bond donors (Lipinski definition) is 0. The van der Waals surface area contributed by atoms with Crippen LogP contribution in [0.25, 0.3) is 10.9 Å². The van der Waals surface area contributed by atoms with Crippen LogP contribution < -0.4 is 5.01 Å². The van der Waals surface area contributed by atoms with Crippen molar-refractivity contribution >= 4 is 22.9 Å². The maximum Gasteiger partial charge on any atom is 0.242 e. The summed E-state index contributed by atoms with van der Waals surface area (Å²) in [6, 6.07) is 15.9. The molecular formula is C21H18N6O. The van der Waals surface area contributed by atoms with Crippen LogP contribution in [0.1, 0.15) is 49.4 Å². The van der Waals surface area contributed by atoms with Crippen molar-refractivity contribution in [1.82, 2.24) is 9.97 Å². The van der Waals surface area contributed by atoms with Gasteiger partial charge < -0.3 is 4.42 Å². The Morgan fingerprint density at radius 2 is 1.86 bits per heavy atom. The SMILES string of the molecule is N#Cc1nc(/C=N/N(c2ccc3ccccc3n2)C2CCCCC2)oc1C#N. The van der Waals surface area contributed by atoms with Crippen LogP contribution >= 0.6 is 0 Å². The number of nitrogens with zero attached hydrogens (tertiary/aromatic N) is 6. The summed E-state index contributed by atoms with van der Waals surface area (Å²) in [4.78, 5) is 8.79. The molecule has 2 heterocycles. The summed E-state index contributed by atoms with van der Waals surface area (Å²) < 4.78 is 5.31. The zero-order valence-electron chi connectivity index (χ0n) is 15.2. The molecule has 28 heavy (non-hydrogen) atoms. The third-order valence-corrected chi connectivity index (χ3v) is 4.88. The zero-order chi connectivity index (χ0) is 19.3. The minimum absolute atomic E-state index is 0.0306. The highest BCUT2D eigenvalue weighted by molar-refractivity contribution is 5.80. The normalized spacial score (nSPS) is 14.8. The Labute approximate surface area is 162 Å². The van der Waals surface area contributed by atoms with E-state index in [1.54, 1.807) is 0 Å². The molecule has 1 fully saturated rings. The molecule has 0 unspecified atom stereocenters. The van der Waals surface area contributed by atoms with E-state index in [9.17, 15) is 0 Å². The number of anilines is 1. The van der Waals surface area contributed by atoms with E-state index in [0.717, 1.165) is 42.4 Å². The lowest BCUT2D eigenvalue weighted by Crippen LogP contribution is -2.33. The first kappa shape index (κ1) is 17.7. The number of aromatic nitrogens is 2. The maximum atomic E-state index is 9.03. The van der Waals surface area contributed by atoms with Gasteiger partial charge in [-0.25, -0.2) is 9.99 Å². The predicted molar refractivity (Wildman–Crippen MR) is 105 cm³/mol. The van der Waals surface area contributed by atoms with E-state index < -0.39 is 0 Å². The smallest absolute Gasteiger partial charge is 0.242 e. The van der Waals surface area contributed by atoms with Gasteiger partial charge in [0.1, 0.15) is 24.2 Å². The van der Waals surface area contributed by atoms with Gasteiger partial charge in [0.05, 0.1) is 11.6 Å². The second kappa shape index (κ2) is 7.89. The molecular weight excluding hydrogens is 352 g/mol. The monoisotopic (exact) mass is 370 g/mol. The van der Waals surface area contributed by atoms with Crippen LogP contribution in [-0.4, -0.2) is 22.2 Å². The molecule has 1 aromatic carbocycles. The predicted octanol–water partition coefficient (Wildman–Crippen LogP) is 4.14. The average Bonchev–Trinajstić information content (AvgIpc) is 3.17. The van der Waals surface area contributed by atoms with Crippen LogP contribution in [0, 0.1) is 22.7 Å². The zero-order valence-corrected chi connectivity index (χ0v) is 15.2. The van der Waals surface area contributed by atoms with E-state index in [-0.39, 0.29) is 23.4 Å². The number of hydrazone groups is 1. The number of fused-ring (bicyclic) bond motifs is 1. The average molecular weight is 370 g/mol. The Bertz CT molecular complexity index is 1070. The van der Waals surface area contributed by atoms with Gasteiger partial charge in [-0.3, -0.25) is 0 Å². The fraction of sp³-hybridized carbons (Fsp3) is 0.286. The standard InChI is InChI=1S/C21H18N6O/c22-12-18-19(13-23)28-21(26-18)14-24-27(16-7-2-1-3-8-16)20-11-10-15-6-4-5-9-17(15)25-20/h4-6,9-11,14,16H,1-3,7-8H2/b24-14+. The quantitative estimate of drug-likeness (QED) is 0.505. The fourth-order valence-electron chi connectivity index (χ4n) is 3.50. The topological polar surface area (TPSA) is 102 Å². The van der Waals surface area contributed by atoms with E-state index in [4.69, 9.17) is 19.9 Å². The van der Waals surface area contributed by atoms with Gasteiger partial charge in [-0.15, -0.1) is 0 Å². The van der Waals surface area contributed by atoms with Crippen LogP contribution in [0.4, 0.5) is 5.82 Å². The lowest BCUT2D eigenvalue weighted by molar-refractivity contribution is 0.417. The number of para-hydroxylation sites is 1. The van der Waals surface area contributed by atoms with Crippen LogP contribution in [0.2, 0.25) is 0 Å². The maximum absolute atomic E-state index is 9.03. The summed E-state index contributed by atoms with van der Waals surface area (Å²) in [5.74, 6) is 0.793. The molecule has 4 rings (SSSR count).